The summed E-state index contributed by atoms with van der Waals surface area (Å²) in [4.78, 5) is 2.47. The molecule has 0 unspecified atom stereocenters. The van der Waals surface area contributed by atoms with Gasteiger partial charge >= 0.3 is 0 Å². The van der Waals surface area contributed by atoms with Gasteiger partial charge in [-0.25, -0.2) is 0 Å². The van der Waals surface area contributed by atoms with Gasteiger partial charge in [0, 0.05) is 16.9 Å². The Morgan fingerprint density at radius 3 is 1.34 bits per heavy atom. The molecule has 0 N–H and O–H groups in total. The van der Waals surface area contributed by atoms with E-state index in [1.807, 2.05) is 0 Å². The second-order valence-electron chi connectivity index (χ2n) is 14.8. The van der Waals surface area contributed by atoms with Crippen LogP contribution in [0.2, 0.25) is 0 Å². The zero-order valence-corrected chi connectivity index (χ0v) is 30.8. The van der Waals surface area contributed by atoms with E-state index < -0.39 is 5.41 Å². The largest absolute Gasteiger partial charge is 0.310 e. The van der Waals surface area contributed by atoms with Crippen molar-refractivity contribution in [3.05, 3.63) is 247 Å². The van der Waals surface area contributed by atoms with E-state index in [2.05, 4.69) is 229 Å². The average molecular weight is 712 g/mol. The molecular formula is C55H37N. The molecule has 9 aromatic rings. The van der Waals surface area contributed by atoms with Crippen LogP contribution in [0.25, 0.3) is 55.6 Å². The molecule has 11 rings (SSSR count). The zero-order chi connectivity index (χ0) is 37.1. The monoisotopic (exact) mass is 711 g/mol. The summed E-state index contributed by atoms with van der Waals surface area (Å²) in [5, 5.41) is 0. The maximum absolute atomic E-state index is 2.47. The molecular weight excluding hydrogens is 675 g/mol. The summed E-state index contributed by atoms with van der Waals surface area (Å²) in [6.07, 6.45) is 0. The van der Waals surface area contributed by atoms with E-state index >= 15 is 0 Å². The Balaban J connectivity index is 1.14. The minimum Gasteiger partial charge on any atom is -0.310 e. The summed E-state index contributed by atoms with van der Waals surface area (Å²) in [5.74, 6) is 0. The highest BCUT2D eigenvalue weighted by Crippen LogP contribution is 2.64. The number of benzene rings is 9. The van der Waals surface area contributed by atoms with Crippen LogP contribution in [0.15, 0.2) is 224 Å². The van der Waals surface area contributed by atoms with Gasteiger partial charge in [0.05, 0.1) is 11.1 Å². The average Bonchev–Trinajstić information content (AvgIpc) is 3.75. The van der Waals surface area contributed by atoms with Crippen LogP contribution in [0.4, 0.5) is 17.1 Å². The first kappa shape index (κ1) is 32.2. The highest BCUT2D eigenvalue weighted by atomic mass is 15.1. The van der Waals surface area contributed by atoms with Gasteiger partial charge in [-0.2, -0.15) is 0 Å². The van der Waals surface area contributed by atoms with Crippen LogP contribution in [-0.2, 0) is 5.41 Å². The van der Waals surface area contributed by atoms with Crippen LogP contribution in [-0.4, -0.2) is 0 Å². The topological polar surface area (TPSA) is 3.24 Å². The zero-order valence-electron chi connectivity index (χ0n) is 30.8. The molecule has 1 heteroatoms. The maximum atomic E-state index is 2.47. The van der Waals surface area contributed by atoms with Gasteiger partial charge in [-0.3, -0.25) is 0 Å². The van der Waals surface area contributed by atoms with Crippen molar-refractivity contribution in [1.29, 1.82) is 0 Å². The van der Waals surface area contributed by atoms with E-state index in [0.717, 1.165) is 17.1 Å². The molecule has 0 amide bonds. The van der Waals surface area contributed by atoms with Crippen molar-refractivity contribution in [3.8, 4) is 55.6 Å². The van der Waals surface area contributed by atoms with Gasteiger partial charge in [0.25, 0.3) is 0 Å². The number of rotatable bonds is 6. The van der Waals surface area contributed by atoms with Crippen LogP contribution in [0.5, 0.6) is 0 Å². The first-order valence-electron chi connectivity index (χ1n) is 19.4. The Labute approximate surface area is 328 Å². The van der Waals surface area contributed by atoms with Crippen molar-refractivity contribution < 1.29 is 0 Å². The Kier molecular flexibility index (Phi) is 7.47. The second kappa shape index (κ2) is 13.0. The van der Waals surface area contributed by atoms with E-state index in [9.17, 15) is 0 Å². The summed E-state index contributed by atoms with van der Waals surface area (Å²) in [6, 6.07) is 82.4. The predicted octanol–water partition coefficient (Wildman–Crippen LogP) is 14.5. The molecule has 0 bridgehead atoms. The van der Waals surface area contributed by atoms with Gasteiger partial charge in [0.2, 0.25) is 0 Å². The number of hydrogen-bond donors (Lipinski definition) is 0. The van der Waals surface area contributed by atoms with Crippen molar-refractivity contribution in [2.45, 2.75) is 5.41 Å². The number of anilines is 3. The third-order valence-corrected chi connectivity index (χ3v) is 11.9. The van der Waals surface area contributed by atoms with E-state index in [1.165, 1.54) is 77.9 Å². The molecule has 262 valence electrons. The Morgan fingerprint density at radius 1 is 0.268 bits per heavy atom. The lowest BCUT2D eigenvalue weighted by Gasteiger charge is -2.32. The molecule has 0 fully saturated rings. The van der Waals surface area contributed by atoms with Crippen molar-refractivity contribution >= 4 is 17.1 Å². The lowest BCUT2D eigenvalue weighted by Crippen LogP contribution is -2.26. The van der Waals surface area contributed by atoms with E-state index in [-0.39, 0.29) is 0 Å². The van der Waals surface area contributed by atoms with Gasteiger partial charge in [-0.05, 0) is 103 Å². The fourth-order valence-electron chi connectivity index (χ4n) is 9.59. The van der Waals surface area contributed by atoms with Crippen LogP contribution in [0.3, 0.4) is 0 Å². The maximum Gasteiger partial charge on any atom is 0.0726 e. The lowest BCUT2D eigenvalue weighted by molar-refractivity contribution is 0.794. The first-order valence-corrected chi connectivity index (χ1v) is 19.4. The standard InChI is InChI=1S/C55H37N/c1-3-17-38(18-4-1)41-21-15-22-43(37-41)56(42-35-33-40(34-36-42)45-24-8-7-23-44(45)39-19-5-2-6-20-39)53-32-16-31-52-54(53)48-27-11-14-30-51(48)55(52)49-28-12-9-25-46(49)47-26-10-13-29-50(47)55/h1-37H. The van der Waals surface area contributed by atoms with Crippen molar-refractivity contribution in [1.82, 2.24) is 0 Å². The minimum absolute atomic E-state index is 0.419. The third kappa shape index (κ3) is 4.81. The molecule has 1 spiro atoms. The van der Waals surface area contributed by atoms with Crippen molar-refractivity contribution in [2.75, 3.05) is 4.90 Å². The Bertz CT molecular complexity index is 2860. The second-order valence-corrected chi connectivity index (χ2v) is 14.8. The summed E-state index contributed by atoms with van der Waals surface area (Å²) in [6.45, 7) is 0. The summed E-state index contributed by atoms with van der Waals surface area (Å²) < 4.78 is 0. The molecule has 9 aromatic carbocycles. The highest BCUT2D eigenvalue weighted by Gasteiger charge is 2.52. The van der Waals surface area contributed by atoms with Crippen LogP contribution < -0.4 is 4.90 Å². The first-order chi connectivity index (χ1) is 27.8. The molecule has 2 aliphatic rings. The molecule has 0 saturated heterocycles. The van der Waals surface area contributed by atoms with Crippen molar-refractivity contribution in [3.63, 3.8) is 0 Å². The van der Waals surface area contributed by atoms with Crippen LogP contribution >= 0.6 is 0 Å². The molecule has 0 atom stereocenters. The molecule has 56 heavy (non-hydrogen) atoms. The van der Waals surface area contributed by atoms with Crippen LogP contribution in [0, 0.1) is 0 Å². The molecule has 2 aliphatic carbocycles. The number of nitrogens with zero attached hydrogens (tertiary/aromatic N) is 1. The highest BCUT2D eigenvalue weighted by molar-refractivity contribution is 6.01. The lowest BCUT2D eigenvalue weighted by atomic mass is 9.70. The van der Waals surface area contributed by atoms with Gasteiger partial charge in [-0.15, -0.1) is 0 Å². The molecule has 0 saturated carbocycles. The van der Waals surface area contributed by atoms with E-state index in [0.29, 0.717) is 0 Å². The summed E-state index contributed by atoms with van der Waals surface area (Å²) in [7, 11) is 0. The number of fused-ring (bicyclic) bond motifs is 10. The van der Waals surface area contributed by atoms with Gasteiger partial charge in [0.15, 0.2) is 0 Å². The minimum atomic E-state index is -0.419. The van der Waals surface area contributed by atoms with E-state index in [1.54, 1.807) is 0 Å². The van der Waals surface area contributed by atoms with Gasteiger partial charge < -0.3 is 4.90 Å². The molecule has 0 aliphatic heterocycles. The molecule has 0 aromatic heterocycles. The smallest absolute Gasteiger partial charge is 0.0726 e. The van der Waals surface area contributed by atoms with Crippen molar-refractivity contribution in [2.24, 2.45) is 0 Å². The third-order valence-electron chi connectivity index (χ3n) is 11.9. The normalized spacial score (nSPS) is 12.8. The fourth-order valence-corrected chi connectivity index (χ4v) is 9.59. The SMILES string of the molecule is c1ccc(-c2cccc(N(c3ccc(-c4ccccc4-c4ccccc4)cc3)c3cccc4c3-c3ccccc3C43c4ccccc4-c4ccccc43)c2)cc1. The van der Waals surface area contributed by atoms with Gasteiger partial charge in [-0.1, -0.05) is 194 Å². The summed E-state index contributed by atoms with van der Waals surface area (Å²) in [5.41, 5.74) is 20.8. The fraction of sp³-hybridized carbons (Fsp3) is 0.0182. The number of hydrogen-bond acceptors (Lipinski definition) is 1. The Hall–Kier alpha value is -7.22. The quantitative estimate of drug-likeness (QED) is 0.166. The Morgan fingerprint density at radius 2 is 0.714 bits per heavy atom. The molecule has 0 radical (unpaired) electrons. The van der Waals surface area contributed by atoms with E-state index in [4.69, 9.17) is 0 Å². The van der Waals surface area contributed by atoms with Gasteiger partial charge in [0.1, 0.15) is 0 Å². The summed E-state index contributed by atoms with van der Waals surface area (Å²) >= 11 is 0. The predicted molar refractivity (Wildman–Crippen MR) is 234 cm³/mol. The molecule has 1 nitrogen and oxygen atoms in total. The van der Waals surface area contributed by atoms with Crippen LogP contribution in [0.1, 0.15) is 22.3 Å². The molecule has 0 heterocycles.